The van der Waals surface area contributed by atoms with Crippen molar-refractivity contribution in [2.75, 3.05) is 0 Å². The van der Waals surface area contributed by atoms with Gasteiger partial charge in [-0.25, -0.2) is 9.59 Å². The number of nitrogens with zero attached hydrogens (tertiary/aromatic N) is 2. The Morgan fingerprint density at radius 2 is 1.76 bits per heavy atom. The van der Waals surface area contributed by atoms with Gasteiger partial charge >= 0.3 is 11.7 Å². The molecule has 0 atom stereocenters. The van der Waals surface area contributed by atoms with E-state index in [0.717, 1.165) is 36.1 Å². The van der Waals surface area contributed by atoms with E-state index in [1.807, 2.05) is 61.0 Å². The normalized spacial score (nSPS) is 11.2. The van der Waals surface area contributed by atoms with Crippen molar-refractivity contribution in [1.82, 2.24) is 9.13 Å². The largest absolute Gasteiger partial charge is 0.478 e. The third-order valence-corrected chi connectivity index (χ3v) is 5.19. The molecule has 152 valence electrons. The van der Waals surface area contributed by atoms with Gasteiger partial charge < -0.3 is 5.11 Å². The fraction of sp³-hybridized carbons (Fsp3) is 0.333. The van der Waals surface area contributed by atoms with Gasteiger partial charge in [0.15, 0.2) is 0 Å². The molecule has 3 rings (SSSR count). The molecule has 0 aliphatic rings. The number of unbranched alkanes of at least 4 members (excludes halogenated alkanes) is 1. The van der Waals surface area contributed by atoms with Crippen molar-refractivity contribution in [3.05, 3.63) is 82.0 Å². The van der Waals surface area contributed by atoms with Gasteiger partial charge in [0.2, 0.25) is 0 Å². The molecule has 29 heavy (non-hydrogen) atoms. The second-order valence-electron chi connectivity index (χ2n) is 7.64. The zero-order chi connectivity index (χ0) is 21.0. The number of carboxylic acid groups (broad SMARTS) is 1. The first-order chi connectivity index (χ1) is 13.9. The summed E-state index contributed by atoms with van der Waals surface area (Å²) in [7, 11) is 0. The van der Waals surface area contributed by atoms with Crippen LogP contribution in [0.3, 0.4) is 0 Å². The van der Waals surface area contributed by atoms with Gasteiger partial charge in [0.05, 0.1) is 12.1 Å². The number of hydrogen-bond donors (Lipinski definition) is 1. The Balaban J connectivity index is 1.91. The summed E-state index contributed by atoms with van der Waals surface area (Å²) in [6.45, 7) is 6.70. The van der Waals surface area contributed by atoms with Crippen LogP contribution in [0.1, 0.15) is 61.3 Å². The molecule has 0 aliphatic heterocycles. The number of aromatic carboxylic acids is 1. The minimum absolute atomic E-state index is 0.0198. The van der Waals surface area contributed by atoms with E-state index in [-0.39, 0.29) is 17.3 Å². The number of carboxylic acids is 1. The molecule has 0 saturated heterocycles. The summed E-state index contributed by atoms with van der Waals surface area (Å²) in [4.78, 5) is 24.3. The minimum Gasteiger partial charge on any atom is -0.478 e. The first kappa shape index (κ1) is 20.6. The highest BCUT2D eigenvalue weighted by Crippen LogP contribution is 2.24. The van der Waals surface area contributed by atoms with Crippen LogP contribution in [-0.4, -0.2) is 20.2 Å². The summed E-state index contributed by atoms with van der Waals surface area (Å²) < 4.78 is 3.65. The second kappa shape index (κ2) is 8.95. The van der Waals surface area contributed by atoms with Gasteiger partial charge in [-0.3, -0.25) is 9.13 Å². The lowest BCUT2D eigenvalue weighted by Gasteiger charge is -2.10. The van der Waals surface area contributed by atoms with Crippen molar-refractivity contribution in [3.63, 3.8) is 0 Å². The number of carbonyl (C=O) groups is 1. The number of rotatable bonds is 8. The summed E-state index contributed by atoms with van der Waals surface area (Å²) in [6.07, 6.45) is 5.00. The second-order valence-corrected chi connectivity index (χ2v) is 7.64. The Kier molecular flexibility index (Phi) is 6.37. The first-order valence-corrected chi connectivity index (χ1v) is 10.1. The summed E-state index contributed by atoms with van der Waals surface area (Å²) in [5.74, 6) is -0.938. The predicted octanol–water partition coefficient (Wildman–Crippen LogP) is 4.99. The van der Waals surface area contributed by atoms with Gasteiger partial charge in [0.1, 0.15) is 0 Å². The Morgan fingerprint density at radius 1 is 1.07 bits per heavy atom. The number of aromatic nitrogens is 2. The van der Waals surface area contributed by atoms with E-state index in [1.54, 1.807) is 16.7 Å². The highest BCUT2D eigenvalue weighted by atomic mass is 16.4. The van der Waals surface area contributed by atoms with Crippen LogP contribution in [0.2, 0.25) is 0 Å². The maximum atomic E-state index is 12.9. The van der Waals surface area contributed by atoms with Crippen molar-refractivity contribution in [2.24, 2.45) is 0 Å². The van der Waals surface area contributed by atoms with Crippen molar-refractivity contribution in [2.45, 2.75) is 52.6 Å². The average molecular weight is 392 g/mol. The van der Waals surface area contributed by atoms with Crippen molar-refractivity contribution >= 4 is 5.97 Å². The zero-order valence-corrected chi connectivity index (χ0v) is 17.3. The minimum atomic E-state index is -0.938. The van der Waals surface area contributed by atoms with Gasteiger partial charge in [-0.1, -0.05) is 55.8 Å². The maximum Gasteiger partial charge on any atom is 0.336 e. The smallest absolute Gasteiger partial charge is 0.336 e. The highest BCUT2D eigenvalue weighted by Gasteiger charge is 2.14. The van der Waals surface area contributed by atoms with Gasteiger partial charge in [-0.05, 0) is 49.4 Å². The topological polar surface area (TPSA) is 64.2 Å². The highest BCUT2D eigenvalue weighted by molar-refractivity contribution is 5.95. The summed E-state index contributed by atoms with van der Waals surface area (Å²) in [6, 6.07) is 14.9. The molecule has 1 aromatic heterocycles. The van der Waals surface area contributed by atoms with Gasteiger partial charge in [-0.2, -0.15) is 0 Å². The van der Waals surface area contributed by atoms with Crippen LogP contribution >= 0.6 is 0 Å². The molecular formula is C24H28N2O3. The molecule has 5 heteroatoms. The lowest BCUT2D eigenvalue weighted by Crippen LogP contribution is -2.26. The molecule has 1 heterocycles. The SMILES string of the molecule is CCCCc1cn(C(C)C)c(=O)n1Cc1ccc(-c2ccccc2C(=O)O)cc1. The van der Waals surface area contributed by atoms with Crippen LogP contribution in [-0.2, 0) is 13.0 Å². The molecule has 0 radical (unpaired) electrons. The van der Waals surface area contributed by atoms with E-state index in [9.17, 15) is 14.7 Å². The lowest BCUT2D eigenvalue weighted by molar-refractivity contribution is 0.0697. The molecule has 3 aromatic rings. The Morgan fingerprint density at radius 3 is 2.38 bits per heavy atom. The number of imidazole rings is 1. The molecular weight excluding hydrogens is 364 g/mol. The van der Waals surface area contributed by atoms with E-state index in [1.165, 1.54) is 0 Å². The molecule has 0 unspecified atom stereocenters. The van der Waals surface area contributed by atoms with E-state index >= 15 is 0 Å². The number of aryl methyl sites for hydroxylation is 1. The fourth-order valence-corrected chi connectivity index (χ4v) is 3.54. The Hall–Kier alpha value is -3.08. The summed E-state index contributed by atoms with van der Waals surface area (Å²) >= 11 is 0. The van der Waals surface area contributed by atoms with E-state index < -0.39 is 5.97 Å². The van der Waals surface area contributed by atoms with Crippen LogP contribution in [0, 0.1) is 0 Å². The molecule has 0 aliphatic carbocycles. The average Bonchev–Trinajstić information content (AvgIpc) is 3.02. The quantitative estimate of drug-likeness (QED) is 0.587. The fourth-order valence-electron chi connectivity index (χ4n) is 3.54. The zero-order valence-electron chi connectivity index (χ0n) is 17.3. The van der Waals surface area contributed by atoms with E-state index in [0.29, 0.717) is 12.1 Å². The van der Waals surface area contributed by atoms with Crippen molar-refractivity contribution < 1.29 is 9.90 Å². The molecule has 2 aromatic carbocycles. The third-order valence-electron chi connectivity index (χ3n) is 5.19. The lowest BCUT2D eigenvalue weighted by atomic mass is 9.99. The van der Waals surface area contributed by atoms with Crippen LogP contribution in [0.4, 0.5) is 0 Å². The van der Waals surface area contributed by atoms with E-state index in [4.69, 9.17) is 0 Å². The van der Waals surface area contributed by atoms with Crippen LogP contribution in [0.15, 0.2) is 59.5 Å². The number of benzene rings is 2. The van der Waals surface area contributed by atoms with Gasteiger partial charge in [0.25, 0.3) is 0 Å². The predicted molar refractivity (Wildman–Crippen MR) is 116 cm³/mol. The van der Waals surface area contributed by atoms with Crippen LogP contribution in [0.5, 0.6) is 0 Å². The van der Waals surface area contributed by atoms with Crippen molar-refractivity contribution in [1.29, 1.82) is 0 Å². The Bertz CT molecular complexity index is 1040. The molecule has 0 bridgehead atoms. The van der Waals surface area contributed by atoms with Crippen LogP contribution < -0.4 is 5.69 Å². The van der Waals surface area contributed by atoms with E-state index in [2.05, 4.69) is 6.92 Å². The van der Waals surface area contributed by atoms with Crippen molar-refractivity contribution in [3.8, 4) is 11.1 Å². The molecule has 0 fully saturated rings. The van der Waals surface area contributed by atoms with Gasteiger partial charge in [0, 0.05) is 17.9 Å². The molecule has 0 spiro atoms. The first-order valence-electron chi connectivity index (χ1n) is 10.1. The number of hydrogen-bond acceptors (Lipinski definition) is 2. The van der Waals surface area contributed by atoms with Crippen LogP contribution in [0.25, 0.3) is 11.1 Å². The third kappa shape index (κ3) is 4.50. The molecule has 0 amide bonds. The molecule has 0 saturated carbocycles. The summed E-state index contributed by atoms with van der Waals surface area (Å²) in [5, 5.41) is 9.42. The Labute approximate surface area is 171 Å². The molecule has 5 nitrogen and oxygen atoms in total. The molecule has 1 N–H and O–H groups in total. The summed E-state index contributed by atoms with van der Waals surface area (Å²) in [5.41, 5.74) is 3.93. The van der Waals surface area contributed by atoms with Gasteiger partial charge in [-0.15, -0.1) is 0 Å². The maximum absolute atomic E-state index is 12.9. The standard InChI is InChI=1S/C24H28N2O3/c1-4-5-8-20-16-25(17(2)3)24(29)26(20)15-18-11-13-19(14-12-18)21-9-6-7-10-22(21)23(27)28/h6-7,9-14,16-17H,4-5,8,15H2,1-3H3,(H,27,28). The monoisotopic (exact) mass is 392 g/mol.